The lowest BCUT2D eigenvalue weighted by Gasteiger charge is -2.26. The Hall–Kier alpha value is -1.39. The Morgan fingerprint density at radius 3 is 2.53 bits per heavy atom. The van der Waals surface area contributed by atoms with Crippen LogP contribution in [0.2, 0.25) is 0 Å². The molecule has 2 unspecified atom stereocenters. The van der Waals surface area contributed by atoms with Gasteiger partial charge in [0, 0.05) is 20.2 Å². The van der Waals surface area contributed by atoms with Crippen LogP contribution >= 0.6 is 0 Å². The van der Waals surface area contributed by atoms with E-state index in [0.717, 1.165) is 24.2 Å². The Labute approximate surface area is 114 Å². The van der Waals surface area contributed by atoms with Crippen molar-refractivity contribution in [2.45, 2.75) is 38.5 Å². The number of hydrogen-bond acceptors (Lipinski definition) is 3. The van der Waals surface area contributed by atoms with Gasteiger partial charge in [0.1, 0.15) is 0 Å². The quantitative estimate of drug-likeness (QED) is 0.890. The van der Waals surface area contributed by atoms with E-state index in [0.29, 0.717) is 13.0 Å². The molecule has 104 valence electrons. The molecule has 1 aromatic carbocycles. The second-order valence-corrected chi connectivity index (χ2v) is 5.13. The first-order valence-electron chi connectivity index (χ1n) is 6.77. The van der Waals surface area contributed by atoms with Gasteiger partial charge < -0.3 is 15.4 Å². The first kappa shape index (κ1) is 14.0. The standard InChI is InChI=1S/C15H22N2O2/c1-11-14(7-8-19-11)17(2)15(18)9-12-3-5-13(10-16)6-4-12/h3-6,11,14H,7-10,16H2,1-2H3. The summed E-state index contributed by atoms with van der Waals surface area (Å²) in [6.07, 6.45) is 1.49. The van der Waals surface area contributed by atoms with Crippen LogP contribution in [0, 0.1) is 0 Å². The maximum Gasteiger partial charge on any atom is 0.227 e. The monoisotopic (exact) mass is 262 g/mol. The van der Waals surface area contributed by atoms with Crippen molar-refractivity contribution in [2.75, 3.05) is 13.7 Å². The minimum atomic E-state index is 0.133. The first-order chi connectivity index (χ1) is 9.11. The largest absolute Gasteiger partial charge is 0.376 e. The molecule has 0 aromatic heterocycles. The molecule has 2 N–H and O–H groups in total. The number of carbonyl (C=O) groups is 1. The molecule has 19 heavy (non-hydrogen) atoms. The summed E-state index contributed by atoms with van der Waals surface area (Å²) in [7, 11) is 1.87. The molecule has 1 amide bonds. The van der Waals surface area contributed by atoms with Gasteiger partial charge in [-0.05, 0) is 24.5 Å². The van der Waals surface area contributed by atoms with Crippen LogP contribution in [0.4, 0.5) is 0 Å². The molecule has 1 aromatic rings. The molecule has 4 heteroatoms. The normalized spacial score (nSPS) is 22.5. The molecule has 0 aliphatic carbocycles. The maximum atomic E-state index is 12.2. The third-order valence-electron chi connectivity index (χ3n) is 3.84. The summed E-state index contributed by atoms with van der Waals surface area (Å²) >= 11 is 0. The zero-order valence-electron chi connectivity index (χ0n) is 11.6. The van der Waals surface area contributed by atoms with E-state index >= 15 is 0 Å². The minimum absolute atomic E-state index is 0.133. The van der Waals surface area contributed by atoms with Gasteiger partial charge in [0.25, 0.3) is 0 Å². The van der Waals surface area contributed by atoms with E-state index in [1.165, 1.54) is 0 Å². The third-order valence-corrected chi connectivity index (χ3v) is 3.84. The molecule has 1 heterocycles. The van der Waals surface area contributed by atoms with Crippen molar-refractivity contribution in [1.29, 1.82) is 0 Å². The van der Waals surface area contributed by atoms with Crippen LogP contribution in [0.25, 0.3) is 0 Å². The molecule has 0 radical (unpaired) electrons. The Bertz CT molecular complexity index is 430. The second kappa shape index (κ2) is 6.17. The van der Waals surface area contributed by atoms with E-state index in [4.69, 9.17) is 10.5 Å². The summed E-state index contributed by atoms with van der Waals surface area (Å²) in [6, 6.07) is 8.11. The highest BCUT2D eigenvalue weighted by atomic mass is 16.5. The Morgan fingerprint density at radius 1 is 1.37 bits per heavy atom. The predicted molar refractivity (Wildman–Crippen MR) is 74.6 cm³/mol. The smallest absolute Gasteiger partial charge is 0.227 e. The van der Waals surface area contributed by atoms with Gasteiger partial charge in [0.15, 0.2) is 0 Å². The lowest BCUT2D eigenvalue weighted by molar-refractivity contribution is -0.132. The average Bonchev–Trinajstić information content (AvgIpc) is 2.85. The van der Waals surface area contributed by atoms with Gasteiger partial charge in [-0.2, -0.15) is 0 Å². The fourth-order valence-corrected chi connectivity index (χ4v) is 2.51. The van der Waals surface area contributed by atoms with Crippen molar-refractivity contribution in [3.63, 3.8) is 0 Å². The minimum Gasteiger partial charge on any atom is -0.376 e. The van der Waals surface area contributed by atoms with Crippen LogP contribution in [0.5, 0.6) is 0 Å². The maximum absolute atomic E-state index is 12.2. The molecule has 1 aliphatic rings. The van der Waals surface area contributed by atoms with Crippen LogP contribution in [-0.4, -0.2) is 36.6 Å². The van der Waals surface area contributed by atoms with Crippen LogP contribution in [-0.2, 0) is 22.5 Å². The fraction of sp³-hybridized carbons (Fsp3) is 0.533. The van der Waals surface area contributed by atoms with Gasteiger partial charge in [0.05, 0.1) is 18.6 Å². The SMILES string of the molecule is CC1OCCC1N(C)C(=O)Cc1ccc(CN)cc1. The number of hydrogen-bond donors (Lipinski definition) is 1. The fourth-order valence-electron chi connectivity index (χ4n) is 2.51. The summed E-state index contributed by atoms with van der Waals surface area (Å²) in [5.74, 6) is 0.142. The van der Waals surface area contributed by atoms with Gasteiger partial charge in [-0.25, -0.2) is 0 Å². The summed E-state index contributed by atoms with van der Waals surface area (Å²) in [5, 5.41) is 0. The van der Waals surface area contributed by atoms with E-state index in [2.05, 4.69) is 0 Å². The number of rotatable bonds is 4. The average molecular weight is 262 g/mol. The zero-order valence-corrected chi connectivity index (χ0v) is 11.6. The van der Waals surface area contributed by atoms with Crippen LogP contribution in [0.1, 0.15) is 24.5 Å². The summed E-state index contributed by atoms with van der Waals surface area (Å²) in [5.41, 5.74) is 7.67. The summed E-state index contributed by atoms with van der Waals surface area (Å²) in [4.78, 5) is 14.1. The molecule has 1 aliphatic heterocycles. The predicted octanol–water partition coefficient (Wildman–Crippen LogP) is 1.32. The first-order valence-corrected chi connectivity index (χ1v) is 6.77. The van der Waals surface area contributed by atoms with E-state index in [1.807, 2.05) is 43.1 Å². The molecular formula is C15H22N2O2. The van der Waals surface area contributed by atoms with E-state index in [1.54, 1.807) is 0 Å². The van der Waals surface area contributed by atoms with E-state index in [9.17, 15) is 4.79 Å². The number of benzene rings is 1. The molecule has 0 saturated carbocycles. The molecule has 2 atom stereocenters. The van der Waals surface area contributed by atoms with Crippen LogP contribution in [0.15, 0.2) is 24.3 Å². The Morgan fingerprint density at radius 2 is 2.00 bits per heavy atom. The van der Waals surface area contributed by atoms with E-state index in [-0.39, 0.29) is 18.1 Å². The summed E-state index contributed by atoms with van der Waals surface area (Å²) in [6.45, 7) is 3.30. The van der Waals surface area contributed by atoms with Gasteiger partial charge >= 0.3 is 0 Å². The molecule has 0 spiro atoms. The number of likely N-dealkylation sites (N-methyl/N-ethyl adjacent to an activating group) is 1. The lowest BCUT2D eigenvalue weighted by Crippen LogP contribution is -2.41. The summed E-state index contributed by atoms with van der Waals surface area (Å²) < 4.78 is 5.51. The van der Waals surface area contributed by atoms with Crippen molar-refractivity contribution in [2.24, 2.45) is 5.73 Å². The molecule has 0 bridgehead atoms. The molecule has 1 fully saturated rings. The second-order valence-electron chi connectivity index (χ2n) is 5.13. The third kappa shape index (κ3) is 3.33. The topological polar surface area (TPSA) is 55.6 Å². The van der Waals surface area contributed by atoms with Gasteiger partial charge in [0.2, 0.25) is 5.91 Å². The van der Waals surface area contributed by atoms with E-state index < -0.39 is 0 Å². The number of amides is 1. The molecule has 4 nitrogen and oxygen atoms in total. The number of nitrogens with zero attached hydrogens (tertiary/aromatic N) is 1. The zero-order chi connectivity index (χ0) is 13.8. The van der Waals surface area contributed by atoms with Crippen LogP contribution < -0.4 is 5.73 Å². The highest BCUT2D eigenvalue weighted by Crippen LogP contribution is 2.19. The van der Waals surface area contributed by atoms with Gasteiger partial charge in [-0.15, -0.1) is 0 Å². The highest BCUT2D eigenvalue weighted by molar-refractivity contribution is 5.78. The Kier molecular flexibility index (Phi) is 4.56. The molecule has 2 rings (SSSR count). The lowest BCUT2D eigenvalue weighted by atomic mass is 10.1. The number of carbonyl (C=O) groups excluding carboxylic acids is 1. The highest BCUT2D eigenvalue weighted by Gasteiger charge is 2.30. The van der Waals surface area contributed by atoms with Crippen molar-refractivity contribution >= 4 is 5.91 Å². The van der Waals surface area contributed by atoms with Crippen molar-refractivity contribution in [3.05, 3.63) is 35.4 Å². The molecular weight excluding hydrogens is 240 g/mol. The van der Waals surface area contributed by atoms with Crippen molar-refractivity contribution < 1.29 is 9.53 Å². The number of nitrogens with two attached hydrogens (primary N) is 1. The molecule has 1 saturated heterocycles. The van der Waals surface area contributed by atoms with Crippen molar-refractivity contribution in [1.82, 2.24) is 4.90 Å². The Balaban J connectivity index is 1.95. The van der Waals surface area contributed by atoms with Gasteiger partial charge in [-0.3, -0.25) is 4.79 Å². The van der Waals surface area contributed by atoms with Crippen molar-refractivity contribution in [3.8, 4) is 0 Å². The van der Waals surface area contributed by atoms with Gasteiger partial charge in [-0.1, -0.05) is 24.3 Å². The number of ether oxygens (including phenoxy) is 1. The van der Waals surface area contributed by atoms with Crippen LogP contribution in [0.3, 0.4) is 0 Å².